The molecule has 2 aromatic rings. The second kappa shape index (κ2) is 10.5. The minimum absolute atomic E-state index is 0.00201. The highest BCUT2D eigenvalue weighted by atomic mass is 79.9. The van der Waals surface area contributed by atoms with Gasteiger partial charge >= 0.3 is 11.9 Å². The fraction of sp³-hybridized carbons (Fsp3) is 0.261. The Labute approximate surface area is 204 Å². The van der Waals surface area contributed by atoms with Crippen molar-refractivity contribution in [2.24, 2.45) is 5.10 Å². The van der Waals surface area contributed by atoms with Crippen molar-refractivity contribution in [3.05, 3.63) is 52.5 Å². The number of nitrogens with zero attached hydrogens (tertiary/aromatic N) is 3. The first kappa shape index (κ1) is 24.9. The average molecular weight is 532 g/mol. The number of halogens is 1. The molecule has 0 spiro atoms. The molecule has 0 unspecified atom stereocenters. The van der Waals surface area contributed by atoms with E-state index in [2.05, 4.69) is 21.0 Å². The molecule has 1 atom stereocenters. The number of hydrazone groups is 1. The summed E-state index contributed by atoms with van der Waals surface area (Å²) in [6.07, 6.45) is -0.932. The van der Waals surface area contributed by atoms with Gasteiger partial charge in [-0.15, -0.1) is 5.10 Å². The van der Waals surface area contributed by atoms with Crippen LogP contribution in [0.15, 0.2) is 52.0 Å². The van der Waals surface area contributed by atoms with Gasteiger partial charge < -0.3 is 19.1 Å². The third-order valence-electron chi connectivity index (χ3n) is 4.60. The molecule has 178 valence electrons. The van der Waals surface area contributed by atoms with Crippen molar-refractivity contribution in [1.29, 1.82) is 0 Å². The van der Waals surface area contributed by atoms with Crippen LogP contribution in [0.4, 0.5) is 5.69 Å². The highest BCUT2D eigenvalue weighted by Crippen LogP contribution is 2.30. The van der Waals surface area contributed by atoms with Crippen molar-refractivity contribution in [3.63, 3.8) is 0 Å². The predicted molar refractivity (Wildman–Crippen MR) is 125 cm³/mol. The van der Waals surface area contributed by atoms with E-state index in [0.717, 1.165) is 9.48 Å². The molecule has 0 N–H and O–H groups in total. The Kier molecular flexibility index (Phi) is 7.67. The molecule has 2 aromatic carbocycles. The van der Waals surface area contributed by atoms with Gasteiger partial charge in [0.05, 0.1) is 12.1 Å². The summed E-state index contributed by atoms with van der Waals surface area (Å²) >= 11 is 3.36. The lowest BCUT2D eigenvalue weighted by Gasteiger charge is -2.27. The van der Waals surface area contributed by atoms with Crippen LogP contribution < -0.4 is 14.4 Å². The van der Waals surface area contributed by atoms with Crippen LogP contribution in [0.2, 0.25) is 0 Å². The van der Waals surface area contributed by atoms with Crippen LogP contribution in [0.1, 0.15) is 33.3 Å². The fourth-order valence-corrected chi connectivity index (χ4v) is 3.48. The zero-order valence-electron chi connectivity index (χ0n) is 18.9. The highest BCUT2D eigenvalue weighted by molar-refractivity contribution is 9.10. The average Bonchev–Trinajstić information content (AvgIpc) is 3.16. The van der Waals surface area contributed by atoms with Gasteiger partial charge in [0.2, 0.25) is 23.9 Å². The first-order valence-electron chi connectivity index (χ1n) is 10.1. The first-order chi connectivity index (χ1) is 16.0. The number of amides is 2. The predicted octanol–water partition coefficient (Wildman–Crippen LogP) is 3.22. The topological polar surface area (TPSA) is 115 Å². The summed E-state index contributed by atoms with van der Waals surface area (Å²) < 4.78 is 17.1. The van der Waals surface area contributed by atoms with Crippen molar-refractivity contribution in [3.8, 4) is 11.5 Å². The minimum Gasteiger partial charge on any atom is -0.448 e. The smallest absolute Gasteiger partial charge is 0.308 e. The van der Waals surface area contributed by atoms with E-state index in [9.17, 15) is 19.2 Å². The molecular weight excluding hydrogens is 510 g/mol. The Morgan fingerprint density at radius 2 is 1.65 bits per heavy atom. The maximum absolute atomic E-state index is 12.4. The Morgan fingerprint density at radius 3 is 2.21 bits per heavy atom. The van der Waals surface area contributed by atoms with Crippen LogP contribution in [0.25, 0.3) is 0 Å². The molecule has 11 heteroatoms. The van der Waals surface area contributed by atoms with Crippen LogP contribution in [-0.2, 0) is 23.9 Å². The van der Waals surface area contributed by atoms with Crippen molar-refractivity contribution in [2.45, 2.75) is 33.9 Å². The molecule has 0 saturated heterocycles. The molecule has 0 saturated carbocycles. The molecule has 1 aliphatic heterocycles. The Morgan fingerprint density at radius 1 is 1.00 bits per heavy atom. The molecule has 34 heavy (non-hydrogen) atoms. The summed E-state index contributed by atoms with van der Waals surface area (Å²) in [5.41, 5.74) is 0.875. The largest absolute Gasteiger partial charge is 0.448 e. The van der Waals surface area contributed by atoms with Crippen LogP contribution in [-0.4, -0.2) is 47.4 Å². The maximum Gasteiger partial charge on any atom is 0.308 e. The number of benzene rings is 2. The molecule has 0 aromatic heterocycles. The number of carbonyl (C=O) groups excluding carboxylic acids is 4. The number of rotatable bonds is 6. The Bertz CT molecular complexity index is 1160. The normalized spacial score (nSPS) is 14.7. The molecule has 0 aliphatic carbocycles. The van der Waals surface area contributed by atoms with Crippen molar-refractivity contribution in [1.82, 2.24) is 5.01 Å². The van der Waals surface area contributed by atoms with Gasteiger partial charge in [-0.3, -0.25) is 19.2 Å². The number of hydrogen-bond acceptors (Lipinski definition) is 8. The zero-order valence-corrected chi connectivity index (χ0v) is 20.5. The third-order valence-corrected chi connectivity index (χ3v) is 5.13. The van der Waals surface area contributed by atoms with E-state index >= 15 is 0 Å². The molecule has 1 heterocycles. The zero-order chi connectivity index (χ0) is 25.0. The summed E-state index contributed by atoms with van der Waals surface area (Å²) in [6, 6.07) is 11.4. The summed E-state index contributed by atoms with van der Waals surface area (Å²) in [7, 11) is 0. The van der Waals surface area contributed by atoms with Crippen LogP contribution >= 0.6 is 15.9 Å². The van der Waals surface area contributed by atoms with Gasteiger partial charge in [0.15, 0.2) is 0 Å². The maximum atomic E-state index is 12.4. The van der Waals surface area contributed by atoms with Crippen LogP contribution in [0.3, 0.4) is 0 Å². The van der Waals surface area contributed by atoms with Gasteiger partial charge in [0.25, 0.3) is 0 Å². The highest BCUT2D eigenvalue weighted by Gasteiger charge is 2.35. The first-order valence-corrected chi connectivity index (χ1v) is 10.9. The molecule has 2 amide bonds. The van der Waals surface area contributed by atoms with E-state index in [1.165, 1.54) is 50.8 Å². The van der Waals surface area contributed by atoms with E-state index in [0.29, 0.717) is 5.69 Å². The fourth-order valence-electron chi connectivity index (χ4n) is 3.21. The lowest BCUT2D eigenvalue weighted by molar-refractivity contribution is -0.135. The monoisotopic (exact) mass is 531 g/mol. The number of esters is 2. The van der Waals surface area contributed by atoms with E-state index in [1.807, 2.05) is 0 Å². The third kappa shape index (κ3) is 5.98. The second-order valence-corrected chi connectivity index (χ2v) is 8.21. The van der Waals surface area contributed by atoms with Gasteiger partial charge in [-0.25, -0.2) is 0 Å². The summed E-state index contributed by atoms with van der Waals surface area (Å²) in [4.78, 5) is 49.0. The van der Waals surface area contributed by atoms with Crippen LogP contribution in [0, 0.1) is 0 Å². The summed E-state index contributed by atoms with van der Waals surface area (Å²) in [6.45, 7) is 5.18. The van der Waals surface area contributed by atoms with Gasteiger partial charge in [-0.1, -0.05) is 15.9 Å². The van der Waals surface area contributed by atoms with Crippen LogP contribution in [0.5, 0.6) is 11.5 Å². The summed E-state index contributed by atoms with van der Waals surface area (Å²) in [5.74, 6) is -1.63. The molecule has 0 bridgehead atoms. The summed E-state index contributed by atoms with van der Waals surface area (Å²) in [5, 5.41) is 5.36. The van der Waals surface area contributed by atoms with Crippen molar-refractivity contribution in [2.75, 3.05) is 11.4 Å². The molecule has 10 nitrogen and oxygen atoms in total. The van der Waals surface area contributed by atoms with E-state index in [4.69, 9.17) is 14.2 Å². The minimum atomic E-state index is -0.932. The van der Waals surface area contributed by atoms with E-state index in [-0.39, 0.29) is 35.4 Å². The Balaban J connectivity index is 1.92. The van der Waals surface area contributed by atoms with Crippen molar-refractivity contribution < 1.29 is 33.4 Å². The SMILES string of the molecule is CC(=O)Oc1ccc(C2=NN(C(C)=O)[C@H](CN(C(C)=O)c3ccc(Br)cc3)O2)c(OC(C)=O)c1. The van der Waals surface area contributed by atoms with E-state index in [1.54, 1.807) is 24.3 Å². The number of anilines is 1. The number of ether oxygens (including phenoxy) is 3. The number of hydrogen-bond donors (Lipinski definition) is 0. The molecule has 3 rings (SSSR count). The lowest BCUT2D eigenvalue weighted by atomic mass is 10.2. The molecule has 0 radical (unpaired) electrons. The van der Waals surface area contributed by atoms with Gasteiger partial charge in [0.1, 0.15) is 11.5 Å². The second-order valence-electron chi connectivity index (χ2n) is 7.29. The van der Waals surface area contributed by atoms with Gasteiger partial charge in [0, 0.05) is 43.9 Å². The standard InChI is InChI=1S/C23H22BrN3O7/c1-13(28)26(18-7-5-17(24)6-8-18)12-22-27(14(2)29)25-23(34-22)20-10-9-19(32-15(3)30)11-21(20)33-16(4)31/h5-11,22H,12H2,1-4H3/t22-/m0/s1. The molecule has 0 fully saturated rings. The molecular formula is C23H22BrN3O7. The Hall–Kier alpha value is -3.73. The van der Waals surface area contributed by atoms with Crippen molar-refractivity contribution >= 4 is 51.3 Å². The van der Waals surface area contributed by atoms with E-state index < -0.39 is 24.1 Å². The number of carbonyl (C=O) groups is 4. The van der Waals surface area contributed by atoms with Gasteiger partial charge in [-0.05, 0) is 36.4 Å². The molecule has 1 aliphatic rings. The lowest BCUT2D eigenvalue weighted by Crippen LogP contribution is -2.44. The van der Waals surface area contributed by atoms with Gasteiger partial charge in [-0.2, -0.15) is 5.01 Å². The quantitative estimate of drug-likeness (QED) is 0.415.